The largest absolute Gasteiger partial charge is 0.483 e. The summed E-state index contributed by atoms with van der Waals surface area (Å²) in [5, 5.41) is 3.77. The summed E-state index contributed by atoms with van der Waals surface area (Å²) in [7, 11) is 0. The standard InChI is InChI=1S/C26H33BrCl2N2O3/c1-7-22(25(33)30-16(2)3)31(14-18-20(28)9-8-10-21(18)29)24(32)15-34-23-12-11-17(13-19(23)27)26(4,5)6/h8-13,16,22H,7,14-15H2,1-6H3,(H,30,33)/t22-/m1/s1. The molecular weight excluding hydrogens is 539 g/mol. The lowest BCUT2D eigenvalue weighted by Gasteiger charge is -2.31. The Morgan fingerprint density at radius 2 is 1.74 bits per heavy atom. The summed E-state index contributed by atoms with van der Waals surface area (Å²) < 4.78 is 6.63. The quantitative estimate of drug-likeness (QED) is 0.361. The van der Waals surface area contributed by atoms with Crippen LogP contribution < -0.4 is 10.1 Å². The third kappa shape index (κ3) is 7.62. The van der Waals surface area contributed by atoms with Crippen LogP contribution in [0.2, 0.25) is 10.0 Å². The monoisotopic (exact) mass is 570 g/mol. The lowest BCUT2D eigenvalue weighted by atomic mass is 9.87. The molecule has 0 heterocycles. The molecule has 5 nitrogen and oxygen atoms in total. The maximum atomic E-state index is 13.4. The maximum Gasteiger partial charge on any atom is 0.261 e. The van der Waals surface area contributed by atoms with Gasteiger partial charge in [0.2, 0.25) is 5.91 Å². The van der Waals surface area contributed by atoms with Gasteiger partial charge in [0.1, 0.15) is 11.8 Å². The Labute approximate surface area is 221 Å². The first-order chi connectivity index (χ1) is 15.8. The Kier molecular flexibility index (Phi) is 10.3. The van der Waals surface area contributed by atoms with Crippen LogP contribution in [0.5, 0.6) is 5.75 Å². The SMILES string of the molecule is CC[C@H](C(=O)NC(C)C)N(Cc1c(Cl)cccc1Cl)C(=O)COc1ccc(C(C)(C)C)cc1Br. The third-order valence-electron chi connectivity index (χ3n) is 5.36. The van der Waals surface area contributed by atoms with Gasteiger partial charge in [-0.25, -0.2) is 0 Å². The molecule has 2 rings (SSSR count). The average molecular weight is 572 g/mol. The summed E-state index contributed by atoms with van der Waals surface area (Å²) >= 11 is 16.3. The van der Waals surface area contributed by atoms with Crippen molar-refractivity contribution >= 4 is 50.9 Å². The predicted octanol–water partition coefficient (Wildman–Crippen LogP) is 6.76. The Morgan fingerprint density at radius 1 is 1.12 bits per heavy atom. The molecule has 0 saturated carbocycles. The molecule has 1 atom stereocenters. The van der Waals surface area contributed by atoms with Gasteiger partial charge in [0.25, 0.3) is 5.91 Å². The van der Waals surface area contributed by atoms with Crippen molar-refractivity contribution in [1.82, 2.24) is 10.2 Å². The second kappa shape index (κ2) is 12.3. The maximum absolute atomic E-state index is 13.4. The summed E-state index contributed by atoms with van der Waals surface area (Å²) in [6.07, 6.45) is 0.427. The van der Waals surface area contributed by atoms with E-state index >= 15 is 0 Å². The van der Waals surface area contributed by atoms with Gasteiger partial charge in [-0.1, -0.05) is 63.0 Å². The zero-order valence-electron chi connectivity index (χ0n) is 20.5. The van der Waals surface area contributed by atoms with Gasteiger partial charge >= 0.3 is 0 Å². The lowest BCUT2D eigenvalue weighted by Crippen LogP contribution is -2.51. The van der Waals surface area contributed by atoms with Crippen molar-refractivity contribution in [3.05, 3.63) is 62.0 Å². The minimum atomic E-state index is -0.697. The fourth-order valence-electron chi connectivity index (χ4n) is 3.46. The van der Waals surface area contributed by atoms with Crippen LogP contribution >= 0.6 is 39.1 Å². The van der Waals surface area contributed by atoms with Gasteiger partial charge in [-0.3, -0.25) is 9.59 Å². The smallest absolute Gasteiger partial charge is 0.261 e. The van der Waals surface area contributed by atoms with Gasteiger partial charge in [0.05, 0.1) is 4.47 Å². The highest BCUT2D eigenvalue weighted by atomic mass is 79.9. The van der Waals surface area contributed by atoms with Crippen molar-refractivity contribution in [3.8, 4) is 5.75 Å². The van der Waals surface area contributed by atoms with Gasteiger partial charge < -0.3 is 15.0 Å². The van der Waals surface area contributed by atoms with Crippen LogP contribution in [-0.4, -0.2) is 35.4 Å². The van der Waals surface area contributed by atoms with Crippen molar-refractivity contribution in [3.63, 3.8) is 0 Å². The number of nitrogens with one attached hydrogen (secondary N) is 1. The topological polar surface area (TPSA) is 58.6 Å². The Hall–Kier alpha value is -1.76. The van der Waals surface area contributed by atoms with E-state index in [1.54, 1.807) is 18.2 Å². The van der Waals surface area contributed by atoms with E-state index in [0.717, 1.165) is 10.0 Å². The highest BCUT2D eigenvalue weighted by Crippen LogP contribution is 2.32. The summed E-state index contributed by atoms with van der Waals surface area (Å²) in [5.74, 6) is -0.0185. The third-order valence-corrected chi connectivity index (χ3v) is 6.68. The summed E-state index contributed by atoms with van der Waals surface area (Å²) in [6, 6.07) is 10.2. The predicted molar refractivity (Wildman–Crippen MR) is 143 cm³/mol. The van der Waals surface area contributed by atoms with Gasteiger partial charge in [0, 0.05) is 28.2 Å². The van der Waals surface area contributed by atoms with Crippen molar-refractivity contribution in [2.24, 2.45) is 0 Å². The van der Waals surface area contributed by atoms with E-state index in [0.29, 0.717) is 27.8 Å². The van der Waals surface area contributed by atoms with Gasteiger partial charge in [-0.15, -0.1) is 0 Å². The van der Waals surface area contributed by atoms with Crippen molar-refractivity contribution in [2.45, 2.75) is 72.0 Å². The van der Waals surface area contributed by atoms with Crippen molar-refractivity contribution in [1.29, 1.82) is 0 Å². The Balaban J connectivity index is 2.30. The summed E-state index contributed by atoms with van der Waals surface area (Å²) in [4.78, 5) is 27.8. The van der Waals surface area contributed by atoms with Crippen LogP contribution in [0.3, 0.4) is 0 Å². The number of benzene rings is 2. The van der Waals surface area contributed by atoms with Crippen molar-refractivity contribution < 1.29 is 14.3 Å². The van der Waals surface area contributed by atoms with E-state index in [2.05, 4.69) is 42.0 Å². The minimum Gasteiger partial charge on any atom is -0.483 e. The number of nitrogens with zero attached hydrogens (tertiary/aromatic N) is 1. The lowest BCUT2D eigenvalue weighted by molar-refractivity contribution is -0.143. The second-order valence-electron chi connectivity index (χ2n) is 9.49. The van der Waals surface area contributed by atoms with Crippen molar-refractivity contribution in [2.75, 3.05) is 6.61 Å². The van der Waals surface area contributed by atoms with Crippen LogP contribution in [0.1, 0.15) is 59.1 Å². The molecule has 0 aliphatic heterocycles. The molecule has 0 aromatic heterocycles. The van der Waals surface area contributed by atoms with E-state index in [1.807, 2.05) is 39.0 Å². The molecule has 1 N–H and O–H groups in total. The molecule has 186 valence electrons. The molecule has 0 saturated heterocycles. The van der Waals surface area contributed by atoms with Crippen LogP contribution in [-0.2, 0) is 21.5 Å². The minimum absolute atomic E-state index is 0.0139. The van der Waals surface area contributed by atoms with Crippen LogP contribution in [0.4, 0.5) is 0 Å². The fraction of sp³-hybridized carbons (Fsp3) is 0.462. The van der Waals surface area contributed by atoms with Crippen LogP contribution in [0.15, 0.2) is 40.9 Å². The number of carbonyl (C=O) groups excluding carboxylic acids is 2. The molecule has 0 bridgehead atoms. The molecule has 2 amide bonds. The number of carbonyl (C=O) groups is 2. The molecule has 0 fully saturated rings. The number of rotatable bonds is 9. The molecule has 0 radical (unpaired) electrons. The molecule has 0 unspecified atom stereocenters. The second-order valence-corrected chi connectivity index (χ2v) is 11.2. The normalized spacial score (nSPS) is 12.4. The molecule has 0 aliphatic carbocycles. The van der Waals surface area contributed by atoms with Gasteiger partial charge in [0.15, 0.2) is 6.61 Å². The van der Waals surface area contributed by atoms with Crippen LogP contribution in [0, 0.1) is 0 Å². The van der Waals surface area contributed by atoms with Gasteiger partial charge in [-0.05, 0) is 71.4 Å². The first kappa shape index (κ1) is 28.5. The van der Waals surface area contributed by atoms with E-state index < -0.39 is 6.04 Å². The van der Waals surface area contributed by atoms with E-state index in [9.17, 15) is 9.59 Å². The number of halogens is 3. The van der Waals surface area contributed by atoms with E-state index in [1.165, 1.54) is 4.90 Å². The number of hydrogen-bond donors (Lipinski definition) is 1. The van der Waals surface area contributed by atoms with Crippen LogP contribution in [0.25, 0.3) is 0 Å². The highest BCUT2D eigenvalue weighted by Gasteiger charge is 2.30. The number of ether oxygens (including phenoxy) is 1. The molecule has 2 aromatic rings. The van der Waals surface area contributed by atoms with E-state index in [-0.39, 0.29) is 36.4 Å². The summed E-state index contributed by atoms with van der Waals surface area (Å²) in [5.41, 5.74) is 1.72. The molecule has 34 heavy (non-hydrogen) atoms. The Bertz CT molecular complexity index is 1000. The molecular formula is C26H33BrCl2N2O3. The zero-order chi connectivity index (χ0) is 25.6. The first-order valence-electron chi connectivity index (χ1n) is 11.3. The average Bonchev–Trinajstić information content (AvgIpc) is 2.73. The molecule has 2 aromatic carbocycles. The highest BCUT2D eigenvalue weighted by molar-refractivity contribution is 9.10. The fourth-order valence-corrected chi connectivity index (χ4v) is 4.47. The molecule has 0 spiro atoms. The number of hydrogen-bond acceptors (Lipinski definition) is 3. The number of amides is 2. The summed E-state index contributed by atoms with van der Waals surface area (Å²) in [6.45, 7) is 11.9. The Morgan fingerprint density at radius 3 is 2.24 bits per heavy atom. The van der Waals surface area contributed by atoms with Gasteiger partial charge in [-0.2, -0.15) is 0 Å². The zero-order valence-corrected chi connectivity index (χ0v) is 23.6. The molecule has 0 aliphatic rings. The molecule has 8 heteroatoms. The first-order valence-corrected chi connectivity index (χ1v) is 12.9. The van der Waals surface area contributed by atoms with E-state index in [4.69, 9.17) is 27.9 Å².